The number of nitrogens with zero attached hydrogens (tertiary/aromatic N) is 2. The van der Waals surface area contributed by atoms with Gasteiger partial charge >= 0.3 is 5.97 Å². The second kappa shape index (κ2) is 5.43. The van der Waals surface area contributed by atoms with Crippen molar-refractivity contribution in [1.82, 2.24) is 8.87 Å². The van der Waals surface area contributed by atoms with E-state index >= 15 is 0 Å². The van der Waals surface area contributed by atoms with Gasteiger partial charge in [-0.3, -0.25) is 0 Å². The van der Waals surface area contributed by atoms with Crippen molar-refractivity contribution >= 4 is 16.0 Å². The molecule has 1 saturated heterocycles. The van der Waals surface area contributed by atoms with Gasteiger partial charge in [-0.2, -0.15) is 4.31 Å². The Labute approximate surface area is 123 Å². The van der Waals surface area contributed by atoms with Gasteiger partial charge in [0.15, 0.2) is 0 Å². The van der Waals surface area contributed by atoms with Crippen molar-refractivity contribution in [3.8, 4) is 0 Å². The smallest absolute Gasteiger partial charge is 0.352 e. The standard InChI is InChI=1S/C13H18N2O5S/c16-13(17)12-8-11(9-15(12)10-2-3-10)21(18,19)14-4-1-6-20-7-5-14/h8-10H,1-7H2,(H,16,17). The van der Waals surface area contributed by atoms with Gasteiger partial charge in [0, 0.05) is 31.9 Å². The summed E-state index contributed by atoms with van der Waals surface area (Å²) in [5.41, 5.74) is 0.0437. The molecule has 0 spiro atoms. The van der Waals surface area contributed by atoms with Crippen LogP contribution in [0.25, 0.3) is 0 Å². The maximum atomic E-state index is 12.6. The SMILES string of the molecule is O=C(O)c1cc(S(=O)(=O)N2CCCOCC2)cn1C1CC1. The number of aromatic nitrogens is 1. The molecular weight excluding hydrogens is 296 g/mol. The van der Waals surface area contributed by atoms with Crippen LogP contribution in [0, 0.1) is 0 Å². The lowest BCUT2D eigenvalue weighted by atomic mass is 10.4. The summed E-state index contributed by atoms with van der Waals surface area (Å²) in [4.78, 5) is 11.3. The number of aromatic carboxylic acids is 1. The molecule has 1 N–H and O–H groups in total. The van der Waals surface area contributed by atoms with Gasteiger partial charge in [0.1, 0.15) is 10.6 Å². The summed E-state index contributed by atoms with van der Waals surface area (Å²) in [6.07, 6.45) is 3.90. The maximum Gasteiger partial charge on any atom is 0.352 e. The molecule has 0 atom stereocenters. The normalized spacial score (nSPS) is 21.1. The molecule has 3 rings (SSSR count). The van der Waals surface area contributed by atoms with Gasteiger partial charge in [0.25, 0.3) is 0 Å². The third-order valence-electron chi connectivity index (χ3n) is 3.80. The molecule has 0 unspecified atom stereocenters. The van der Waals surface area contributed by atoms with E-state index in [1.54, 1.807) is 4.57 Å². The Hall–Kier alpha value is -1.38. The van der Waals surface area contributed by atoms with Gasteiger partial charge in [0.05, 0.1) is 6.61 Å². The molecule has 1 aliphatic heterocycles. The molecule has 0 radical (unpaired) electrons. The molecule has 0 bridgehead atoms. The minimum Gasteiger partial charge on any atom is -0.477 e. The molecule has 1 aromatic heterocycles. The first-order chi connectivity index (χ1) is 10.00. The molecule has 1 saturated carbocycles. The van der Waals surface area contributed by atoms with Crippen LogP contribution in [-0.4, -0.2) is 54.7 Å². The first-order valence-electron chi connectivity index (χ1n) is 7.03. The Morgan fingerprint density at radius 1 is 1.29 bits per heavy atom. The van der Waals surface area contributed by atoms with E-state index in [0.717, 1.165) is 12.8 Å². The van der Waals surface area contributed by atoms with Crippen LogP contribution >= 0.6 is 0 Å². The minimum absolute atomic E-state index is 0.0437. The van der Waals surface area contributed by atoms with Crippen molar-refractivity contribution in [3.05, 3.63) is 18.0 Å². The number of sulfonamides is 1. The van der Waals surface area contributed by atoms with Crippen molar-refractivity contribution in [2.24, 2.45) is 0 Å². The number of carbonyl (C=O) groups is 1. The summed E-state index contributed by atoms with van der Waals surface area (Å²) < 4.78 is 33.5. The highest BCUT2D eigenvalue weighted by atomic mass is 32.2. The number of ether oxygens (including phenoxy) is 1. The highest BCUT2D eigenvalue weighted by Gasteiger charge is 2.32. The molecular formula is C13H18N2O5S. The first kappa shape index (κ1) is 14.6. The van der Waals surface area contributed by atoms with Crippen LogP contribution in [0.1, 0.15) is 35.8 Å². The molecule has 2 fully saturated rings. The van der Waals surface area contributed by atoms with Crippen molar-refractivity contribution in [1.29, 1.82) is 0 Å². The summed E-state index contributed by atoms with van der Waals surface area (Å²) in [6.45, 7) is 1.63. The molecule has 0 amide bonds. The third kappa shape index (κ3) is 2.83. The van der Waals surface area contributed by atoms with Crippen LogP contribution in [0.4, 0.5) is 0 Å². The van der Waals surface area contributed by atoms with E-state index < -0.39 is 16.0 Å². The average molecular weight is 314 g/mol. The lowest BCUT2D eigenvalue weighted by molar-refractivity contribution is 0.0685. The number of rotatable bonds is 4. The largest absolute Gasteiger partial charge is 0.477 e. The zero-order valence-corrected chi connectivity index (χ0v) is 12.4. The van der Waals surface area contributed by atoms with Crippen LogP contribution in [0.5, 0.6) is 0 Å². The van der Waals surface area contributed by atoms with Crippen LogP contribution in [-0.2, 0) is 14.8 Å². The van der Waals surface area contributed by atoms with Crippen molar-refractivity contribution in [2.75, 3.05) is 26.3 Å². The Balaban J connectivity index is 1.94. The van der Waals surface area contributed by atoms with Gasteiger partial charge in [-0.05, 0) is 25.3 Å². The molecule has 2 heterocycles. The third-order valence-corrected chi connectivity index (χ3v) is 5.67. The molecule has 2 aliphatic rings. The monoisotopic (exact) mass is 314 g/mol. The Morgan fingerprint density at radius 2 is 2.05 bits per heavy atom. The van der Waals surface area contributed by atoms with E-state index in [1.807, 2.05) is 0 Å². The number of hydrogen-bond acceptors (Lipinski definition) is 4. The van der Waals surface area contributed by atoms with E-state index in [0.29, 0.717) is 32.7 Å². The fourth-order valence-electron chi connectivity index (χ4n) is 2.53. The molecule has 1 aromatic rings. The van der Waals surface area contributed by atoms with E-state index in [4.69, 9.17) is 4.74 Å². The van der Waals surface area contributed by atoms with Crippen LogP contribution in [0.15, 0.2) is 17.2 Å². The number of carboxylic acid groups (broad SMARTS) is 1. The quantitative estimate of drug-likeness (QED) is 0.893. The summed E-state index contributed by atoms with van der Waals surface area (Å²) in [7, 11) is -3.66. The average Bonchev–Trinajstić information content (AvgIpc) is 3.22. The van der Waals surface area contributed by atoms with Gasteiger partial charge in [-0.25, -0.2) is 13.2 Å². The van der Waals surface area contributed by atoms with Crippen LogP contribution < -0.4 is 0 Å². The van der Waals surface area contributed by atoms with E-state index in [1.165, 1.54) is 16.6 Å². The van der Waals surface area contributed by atoms with E-state index in [9.17, 15) is 18.3 Å². The topological polar surface area (TPSA) is 88.8 Å². The maximum absolute atomic E-state index is 12.6. The summed E-state index contributed by atoms with van der Waals surface area (Å²) in [5, 5.41) is 9.23. The molecule has 21 heavy (non-hydrogen) atoms. The van der Waals surface area contributed by atoms with Crippen molar-refractivity contribution < 1.29 is 23.1 Å². The zero-order chi connectivity index (χ0) is 15.0. The molecule has 0 aromatic carbocycles. The van der Waals surface area contributed by atoms with Gasteiger partial charge < -0.3 is 14.4 Å². The van der Waals surface area contributed by atoms with Crippen LogP contribution in [0.3, 0.4) is 0 Å². The predicted molar refractivity (Wildman–Crippen MR) is 73.9 cm³/mol. The fourth-order valence-corrected chi connectivity index (χ4v) is 4.02. The second-order valence-electron chi connectivity index (χ2n) is 5.37. The van der Waals surface area contributed by atoms with Gasteiger partial charge in [0.2, 0.25) is 10.0 Å². The molecule has 7 nitrogen and oxygen atoms in total. The Bertz CT molecular complexity index is 640. The Morgan fingerprint density at radius 3 is 2.71 bits per heavy atom. The molecule has 116 valence electrons. The molecule has 1 aliphatic carbocycles. The molecule has 8 heteroatoms. The highest BCUT2D eigenvalue weighted by Crippen LogP contribution is 2.37. The van der Waals surface area contributed by atoms with Crippen LogP contribution in [0.2, 0.25) is 0 Å². The van der Waals surface area contributed by atoms with Gasteiger partial charge in [-0.1, -0.05) is 0 Å². The minimum atomic E-state index is -3.66. The second-order valence-corrected chi connectivity index (χ2v) is 7.31. The first-order valence-corrected chi connectivity index (χ1v) is 8.47. The summed E-state index contributed by atoms with van der Waals surface area (Å²) in [5.74, 6) is -1.09. The summed E-state index contributed by atoms with van der Waals surface area (Å²) >= 11 is 0. The van der Waals surface area contributed by atoms with Crippen molar-refractivity contribution in [2.45, 2.75) is 30.2 Å². The Kier molecular flexibility index (Phi) is 3.76. The number of carboxylic acids is 1. The fraction of sp³-hybridized carbons (Fsp3) is 0.615. The van der Waals surface area contributed by atoms with E-state index in [-0.39, 0.29) is 16.6 Å². The van der Waals surface area contributed by atoms with E-state index in [2.05, 4.69) is 0 Å². The van der Waals surface area contributed by atoms with Crippen molar-refractivity contribution in [3.63, 3.8) is 0 Å². The lowest BCUT2D eigenvalue weighted by Crippen LogP contribution is -2.33. The highest BCUT2D eigenvalue weighted by molar-refractivity contribution is 7.89. The number of hydrogen-bond donors (Lipinski definition) is 1. The van der Waals surface area contributed by atoms with Gasteiger partial charge in [-0.15, -0.1) is 0 Å². The lowest BCUT2D eigenvalue weighted by Gasteiger charge is -2.18. The summed E-state index contributed by atoms with van der Waals surface area (Å²) in [6, 6.07) is 1.38. The predicted octanol–water partition coefficient (Wildman–Crippen LogP) is 0.932. The zero-order valence-electron chi connectivity index (χ0n) is 11.6.